The maximum Gasteiger partial charge on any atom is 0.182 e. The van der Waals surface area contributed by atoms with Crippen LogP contribution in [-0.2, 0) is 0 Å². The Morgan fingerprint density at radius 1 is 1.53 bits per heavy atom. The highest BCUT2D eigenvalue weighted by Gasteiger charge is 2.03. The molecule has 5 nitrogen and oxygen atoms in total. The number of hydrogen-bond donors (Lipinski definition) is 2. The van der Waals surface area contributed by atoms with Crippen LogP contribution in [0, 0.1) is 11.5 Å². The zero-order valence-corrected chi connectivity index (χ0v) is 9.44. The van der Waals surface area contributed by atoms with Gasteiger partial charge in [0.25, 0.3) is 0 Å². The molecule has 1 aromatic heterocycles. The van der Waals surface area contributed by atoms with Crippen molar-refractivity contribution in [1.29, 1.82) is 5.26 Å². The molecule has 0 bridgehead atoms. The smallest absolute Gasteiger partial charge is 0.182 e. The standard InChI is InChI=1S/C11H8ClN5/c12-9-3-8(11-4-14-6-17-11)1-2-10(9)16-7-15-5-13/h1-4,6-7H,(H,14,17)(H,15,16). The minimum atomic E-state index is 0.507. The van der Waals surface area contributed by atoms with Gasteiger partial charge in [-0.15, -0.1) is 0 Å². The molecule has 0 saturated heterocycles. The molecule has 0 aliphatic rings. The van der Waals surface area contributed by atoms with Crippen LogP contribution in [0.25, 0.3) is 11.3 Å². The van der Waals surface area contributed by atoms with Crippen LogP contribution < -0.4 is 5.32 Å². The minimum Gasteiger partial charge on any atom is -0.345 e. The van der Waals surface area contributed by atoms with Gasteiger partial charge in [0.2, 0.25) is 0 Å². The van der Waals surface area contributed by atoms with Crippen molar-refractivity contribution in [3.63, 3.8) is 0 Å². The van der Waals surface area contributed by atoms with Crippen LogP contribution in [0.5, 0.6) is 0 Å². The normalized spacial score (nSPS) is 10.4. The van der Waals surface area contributed by atoms with Crippen LogP contribution in [0.3, 0.4) is 0 Å². The van der Waals surface area contributed by atoms with Gasteiger partial charge in [0, 0.05) is 5.56 Å². The zero-order chi connectivity index (χ0) is 12.1. The summed E-state index contributed by atoms with van der Waals surface area (Å²) in [4.78, 5) is 10.9. The molecule has 6 heteroatoms. The van der Waals surface area contributed by atoms with Crippen LogP contribution in [-0.4, -0.2) is 16.3 Å². The third kappa shape index (κ3) is 2.62. The predicted octanol–water partition coefficient (Wildman–Crippen LogP) is 2.46. The lowest BCUT2D eigenvalue weighted by atomic mass is 10.1. The third-order valence-corrected chi connectivity index (χ3v) is 2.39. The Morgan fingerprint density at radius 2 is 2.41 bits per heavy atom. The van der Waals surface area contributed by atoms with E-state index in [2.05, 4.69) is 20.3 Å². The Balaban J connectivity index is 2.27. The number of H-pyrrole nitrogens is 1. The molecule has 84 valence electrons. The fraction of sp³-hybridized carbons (Fsp3) is 0. The number of nitrogens with zero attached hydrogens (tertiary/aromatic N) is 3. The molecule has 0 saturated carbocycles. The second-order valence-corrected chi connectivity index (χ2v) is 3.55. The Labute approximate surface area is 103 Å². The van der Waals surface area contributed by atoms with Gasteiger partial charge in [-0.1, -0.05) is 17.7 Å². The maximum absolute atomic E-state index is 8.29. The Kier molecular flexibility index (Phi) is 3.38. The summed E-state index contributed by atoms with van der Waals surface area (Å²) < 4.78 is 0. The first-order valence-corrected chi connectivity index (χ1v) is 5.14. The zero-order valence-electron chi connectivity index (χ0n) is 8.68. The van der Waals surface area contributed by atoms with Gasteiger partial charge in [0.05, 0.1) is 28.9 Å². The summed E-state index contributed by atoms with van der Waals surface area (Å²) in [7, 11) is 0. The molecule has 2 rings (SSSR count). The van der Waals surface area contributed by atoms with Crippen molar-refractivity contribution in [2.45, 2.75) is 0 Å². The average molecular weight is 246 g/mol. The molecule has 1 heterocycles. The molecule has 2 aromatic rings. The highest BCUT2D eigenvalue weighted by molar-refractivity contribution is 6.33. The quantitative estimate of drug-likeness (QED) is 0.377. The topological polar surface area (TPSA) is 76.9 Å². The lowest BCUT2D eigenvalue weighted by Gasteiger charge is -2.01. The van der Waals surface area contributed by atoms with Gasteiger partial charge in [-0.3, -0.25) is 5.32 Å². The summed E-state index contributed by atoms with van der Waals surface area (Å²) in [6.07, 6.45) is 6.34. The van der Waals surface area contributed by atoms with Crippen LogP contribution >= 0.6 is 11.6 Å². The molecule has 0 aliphatic carbocycles. The van der Waals surface area contributed by atoms with Crippen molar-refractivity contribution in [3.05, 3.63) is 35.7 Å². The number of halogens is 1. The monoisotopic (exact) mass is 245 g/mol. The molecule has 17 heavy (non-hydrogen) atoms. The minimum absolute atomic E-state index is 0.507. The van der Waals surface area contributed by atoms with Crippen LogP contribution in [0.4, 0.5) is 5.69 Å². The van der Waals surface area contributed by atoms with Gasteiger partial charge < -0.3 is 4.98 Å². The number of imidazole rings is 1. The fourth-order valence-corrected chi connectivity index (χ4v) is 1.55. The van der Waals surface area contributed by atoms with Gasteiger partial charge in [0.15, 0.2) is 6.19 Å². The van der Waals surface area contributed by atoms with Crippen LogP contribution in [0.15, 0.2) is 35.7 Å². The first-order valence-electron chi connectivity index (χ1n) is 4.76. The summed E-state index contributed by atoms with van der Waals surface area (Å²) in [5.74, 6) is 0. The molecule has 0 spiro atoms. The Morgan fingerprint density at radius 3 is 3.06 bits per heavy atom. The number of nitriles is 1. The molecular weight excluding hydrogens is 238 g/mol. The summed E-state index contributed by atoms with van der Waals surface area (Å²) >= 11 is 6.07. The van der Waals surface area contributed by atoms with Crippen molar-refractivity contribution < 1.29 is 0 Å². The van der Waals surface area contributed by atoms with E-state index < -0.39 is 0 Å². The van der Waals surface area contributed by atoms with Crippen LogP contribution in [0.2, 0.25) is 5.02 Å². The van der Waals surface area contributed by atoms with Crippen molar-refractivity contribution in [2.24, 2.45) is 4.99 Å². The Hall–Kier alpha value is -2.32. The number of rotatable bonds is 3. The lowest BCUT2D eigenvalue weighted by Crippen LogP contribution is -1.98. The third-order valence-electron chi connectivity index (χ3n) is 2.09. The van der Waals surface area contributed by atoms with E-state index in [4.69, 9.17) is 16.9 Å². The second-order valence-electron chi connectivity index (χ2n) is 3.15. The second kappa shape index (κ2) is 5.14. The van der Waals surface area contributed by atoms with Gasteiger partial charge >= 0.3 is 0 Å². The molecule has 0 amide bonds. The van der Waals surface area contributed by atoms with Crippen molar-refractivity contribution >= 4 is 23.6 Å². The number of hydrogen-bond acceptors (Lipinski definition) is 3. The molecule has 1 aromatic carbocycles. The number of benzene rings is 1. The van der Waals surface area contributed by atoms with Crippen LogP contribution in [0.1, 0.15) is 0 Å². The van der Waals surface area contributed by atoms with E-state index >= 15 is 0 Å². The summed E-state index contributed by atoms with van der Waals surface area (Å²) in [5.41, 5.74) is 2.41. The molecule has 0 atom stereocenters. The number of aliphatic imine (C=N–C) groups is 1. The first-order chi connectivity index (χ1) is 8.31. The van der Waals surface area contributed by atoms with Gasteiger partial charge in [-0.05, 0) is 12.1 Å². The fourth-order valence-electron chi connectivity index (χ4n) is 1.32. The lowest BCUT2D eigenvalue weighted by molar-refractivity contribution is 1.29. The maximum atomic E-state index is 8.29. The van der Waals surface area contributed by atoms with Gasteiger partial charge in [0.1, 0.15) is 6.34 Å². The molecule has 0 fully saturated rings. The molecular formula is C11H8ClN5. The van der Waals surface area contributed by atoms with E-state index in [1.54, 1.807) is 30.9 Å². The summed E-state index contributed by atoms with van der Waals surface area (Å²) in [5, 5.41) is 11.1. The molecule has 0 unspecified atom stereocenters. The summed E-state index contributed by atoms with van der Waals surface area (Å²) in [6, 6.07) is 5.43. The molecule has 2 N–H and O–H groups in total. The number of aromatic amines is 1. The molecule has 0 aliphatic heterocycles. The van der Waals surface area contributed by atoms with E-state index in [1.165, 1.54) is 6.34 Å². The average Bonchev–Trinajstić information content (AvgIpc) is 2.85. The SMILES string of the molecule is N#CNC=Nc1ccc(-c2cnc[nH]2)cc1Cl. The van der Waals surface area contributed by atoms with E-state index in [1.807, 2.05) is 6.07 Å². The highest BCUT2D eigenvalue weighted by Crippen LogP contribution is 2.29. The largest absolute Gasteiger partial charge is 0.345 e. The van der Waals surface area contributed by atoms with E-state index in [-0.39, 0.29) is 0 Å². The van der Waals surface area contributed by atoms with Gasteiger partial charge in [-0.2, -0.15) is 5.26 Å². The summed E-state index contributed by atoms with van der Waals surface area (Å²) in [6.45, 7) is 0. The van der Waals surface area contributed by atoms with Crippen molar-refractivity contribution in [1.82, 2.24) is 15.3 Å². The molecule has 0 radical (unpaired) electrons. The van der Waals surface area contributed by atoms with E-state index in [0.29, 0.717) is 10.7 Å². The van der Waals surface area contributed by atoms with Crippen molar-refractivity contribution in [2.75, 3.05) is 0 Å². The first kappa shape index (κ1) is 11.2. The predicted molar refractivity (Wildman–Crippen MR) is 65.9 cm³/mol. The Bertz CT molecular complexity index is 568. The number of nitrogens with one attached hydrogen (secondary N) is 2. The van der Waals surface area contributed by atoms with Gasteiger partial charge in [-0.25, -0.2) is 9.98 Å². The highest BCUT2D eigenvalue weighted by atomic mass is 35.5. The van der Waals surface area contributed by atoms with Crippen molar-refractivity contribution in [3.8, 4) is 17.5 Å². The number of aromatic nitrogens is 2. The van der Waals surface area contributed by atoms with E-state index in [0.717, 1.165) is 11.3 Å². The van der Waals surface area contributed by atoms with E-state index in [9.17, 15) is 0 Å².